The molecule has 0 fully saturated rings. The summed E-state index contributed by atoms with van der Waals surface area (Å²) in [6, 6.07) is 12.7. The van der Waals surface area contributed by atoms with Crippen molar-refractivity contribution < 1.29 is 24.0 Å². The second-order valence-electron chi connectivity index (χ2n) is 6.44. The first-order valence-corrected chi connectivity index (χ1v) is 8.74. The van der Waals surface area contributed by atoms with Gasteiger partial charge in [-0.15, -0.1) is 0 Å². The molecule has 1 atom stereocenters. The van der Waals surface area contributed by atoms with Crippen molar-refractivity contribution in [3.05, 3.63) is 64.2 Å². The molecule has 2 aromatic carbocycles. The molecule has 28 heavy (non-hydrogen) atoms. The van der Waals surface area contributed by atoms with Gasteiger partial charge in [-0.3, -0.25) is 14.9 Å². The summed E-state index contributed by atoms with van der Waals surface area (Å²) in [4.78, 5) is 34.1. The Morgan fingerprint density at radius 3 is 2.18 bits per heavy atom. The Balaban J connectivity index is 1.80. The average Bonchev–Trinajstić information content (AvgIpc) is 2.67. The zero-order valence-electron chi connectivity index (χ0n) is 15.9. The minimum absolute atomic E-state index is 0.0818. The zero-order valence-corrected chi connectivity index (χ0v) is 15.9. The molecule has 0 saturated heterocycles. The van der Waals surface area contributed by atoms with E-state index in [0.717, 1.165) is 5.56 Å². The number of nitro benzene ring substituents is 1. The van der Waals surface area contributed by atoms with Crippen LogP contribution >= 0.6 is 0 Å². The molecule has 0 bridgehead atoms. The number of non-ortho nitro benzene ring substituents is 1. The van der Waals surface area contributed by atoms with Gasteiger partial charge in [-0.1, -0.05) is 26.0 Å². The summed E-state index contributed by atoms with van der Waals surface area (Å²) < 4.78 is 10.3. The van der Waals surface area contributed by atoms with E-state index in [-0.39, 0.29) is 11.4 Å². The summed E-state index contributed by atoms with van der Waals surface area (Å²) >= 11 is 0. The van der Waals surface area contributed by atoms with Crippen LogP contribution < -0.4 is 10.1 Å². The van der Waals surface area contributed by atoms with E-state index >= 15 is 0 Å². The van der Waals surface area contributed by atoms with Crippen molar-refractivity contribution in [1.29, 1.82) is 0 Å². The minimum atomic E-state index is -1.00. The predicted octanol–water partition coefficient (Wildman–Crippen LogP) is 3.67. The smallest absolute Gasteiger partial charge is 0.344 e. The van der Waals surface area contributed by atoms with E-state index in [9.17, 15) is 19.7 Å². The van der Waals surface area contributed by atoms with Crippen LogP contribution in [-0.2, 0) is 14.3 Å². The van der Waals surface area contributed by atoms with Gasteiger partial charge in [-0.2, -0.15) is 0 Å². The normalized spacial score (nSPS) is 11.6. The van der Waals surface area contributed by atoms with E-state index in [0.29, 0.717) is 11.6 Å². The van der Waals surface area contributed by atoms with E-state index in [1.165, 1.54) is 31.2 Å². The molecule has 0 aromatic heterocycles. The third kappa shape index (κ3) is 6.08. The first-order valence-electron chi connectivity index (χ1n) is 8.74. The number of carbonyl (C=O) groups excluding carboxylic acids is 2. The third-order valence-corrected chi connectivity index (χ3v) is 3.93. The Kier molecular flexibility index (Phi) is 7.08. The number of hydrogen-bond acceptors (Lipinski definition) is 6. The Morgan fingerprint density at radius 1 is 1.04 bits per heavy atom. The standard InChI is InChI=1S/C20H22N2O6/c1-13(2)15-4-6-16(7-5-15)21-20(24)14(3)28-19(23)12-27-18-10-8-17(9-11-18)22(25)26/h4-11,13-14H,12H2,1-3H3,(H,21,24)/t14-/m0/s1. The Labute approximate surface area is 162 Å². The maximum atomic E-state index is 12.1. The number of nitrogens with zero attached hydrogens (tertiary/aromatic N) is 1. The average molecular weight is 386 g/mol. The number of carbonyl (C=O) groups is 2. The molecule has 0 saturated carbocycles. The molecule has 8 nitrogen and oxygen atoms in total. The molecule has 0 aliphatic carbocycles. The quantitative estimate of drug-likeness (QED) is 0.421. The van der Waals surface area contributed by atoms with Crippen LogP contribution in [0.25, 0.3) is 0 Å². The van der Waals surface area contributed by atoms with Crippen LogP contribution in [-0.4, -0.2) is 29.5 Å². The number of esters is 1. The maximum Gasteiger partial charge on any atom is 0.344 e. The van der Waals surface area contributed by atoms with E-state index in [2.05, 4.69) is 19.2 Å². The summed E-state index contributed by atoms with van der Waals surface area (Å²) in [6.07, 6.45) is -1.00. The number of ether oxygens (including phenoxy) is 2. The largest absolute Gasteiger partial charge is 0.482 e. The molecule has 1 N–H and O–H groups in total. The second kappa shape index (κ2) is 9.50. The molecule has 1 amide bonds. The number of nitro groups is 1. The van der Waals surface area contributed by atoms with Gasteiger partial charge < -0.3 is 14.8 Å². The minimum Gasteiger partial charge on any atom is -0.482 e. The fourth-order valence-corrected chi connectivity index (χ4v) is 2.29. The lowest BCUT2D eigenvalue weighted by Gasteiger charge is -2.14. The van der Waals surface area contributed by atoms with Crippen LogP contribution in [0.3, 0.4) is 0 Å². The van der Waals surface area contributed by atoms with Gasteiger partial charge in [0, 0.05) is 17.8 Å². The van der Waals surface area contributed by atoms with Crippen LogP contribution in [0, 0.1) is 10.1 Å². The van der Waals surface area contributed by atoms with Gasteiger partial charge in [0.1, 0.15) is 5.75 Å². The molecular weight excluding hydrogens is 364 g/mol. The highest BCUT2D eigenvalue weighted by Crippen LogP contribution is 2.18. The number of nitrogens with one attached hydrogen (secondary N) is 1. The summed E-state index contributed by atoms with van der Waals surface area (Å²) in [5, 5.41) is 13.3. The monoisotopic (exact) mass is 386 g/mol. The molecular formula is C20H22N2O6. The molecule has 0 heterocycles. The highest BCUT2D eigenvalue weighted by atomic mass is 16.6. The number of hydrogen-bond donors (Lipinski definition) is 1. The SMILES string of the molecule is CC(C)c1ccc(NC(=O)[C@H](C)OC(=O)COc2ccc([N+](=O)[O-])cc2)cc1. The Morgan fingerprint density at radius 2 is 1.64 bits per heavy atom. The predicted molar refractivity (Wildman–Crippen MR) is 103 cm³/mol. The number of amides is 1. The van der Waals surface area contributed by atoms with Crippen molar-refractivity contribution in [3.8, 4) is 5.75 Å². The lowest BCUT2D eigenvalue weighted by Crippen LogP contribution is -2.31. The van der Waals surface area contributed by atoms with Crippen molar-refractivity contribution in [2.75, 3.05) is 11.9 Å². The molecule has 2 aromatic rings. The van der Waals surface area contributed by atoms with Crippen molar-refractivity contribution in [3.63, 3.8) is 0 Å². The van der Waals surface area contributed by atoms with Crippen molar-refractivity contribution in [2.45, 2.75) is 32.8 Å². The molecule has 0 spiro atoms. The van der Waals surface area contributed by atoms with Crippen molar-refractivity contribution in [2.24, 2.45) is 0 Å². The van der Waals surface area contributed by atoms with Crippen LogP contribution in [0.15, 0.2) is 48.5 Å². The fourth-order valence-electron chi connectivity index (χ4n) is 2.29. The molecule has 0 unspecified atom stereocenters. The second-order valence-corrected chi connectivity index (χ2v) is 6.44. The third-order valence-electron chi connectivity index (χ3n) is 3.93. The topological polar surface area (TPSA) is 108 Å². The van der Waals surface area contributed by atoms with Gasteiger partial charge in [0.15, 0.2) is 12.7 Å². The zero-order chi connectivity index (χ0) is 20.7. The molecule has 0 aliphatic rings. The molecule has 2 rings (SSSR count). The summed E-state index contributed by atoms with van der Waals surface area (Å²) in [5.41, 5.74) is 1.68. The van der Waals surface area contributed by atoms with Crippen LogP contribution in [0.2, 0.25) is 0 Å². The van der Waals surface area contributed by atoms with E-state index < -0.39 is 29.5 Å². The van der Waals surface area contributed by atoms with Crippen molar-refractivity contribution in [1.82, 2.24) is 0 Å². The van der Waals surface area contributed by atoms with Gasteiger partial charge >= 0.3 is 5.97 Å². The molecule has 0 aliphatic heterocycles. The van der Waals surface area contributed by atoms with Gasteiger partial charge in [-0.05, 0) is 42.7 Å². The molecule has 148 valence electrons. The van der Waals surface area contributed by atoms with Gasteiger partial charge in [0.25, 0.3) is 11.6 Å². The van der Waals surface area contributed by atoms with E-state index in [1.807, 2.05) is 12.1 Å². The summed E-state index contributed by atoms with van der Waals surface area (Å²) in [7, 11) is 0. The van der Waals surface area contributed by atoms with Crippen molar-refractivity contribution >= 4 is 23.3 Å². The summed E-state index contributed by atoms with van der Waals surface area (Å²) in [6.45, 7) is 5.20. The Hall–Kier alpha value is -3.42. The van der Waals surface area contributed by atoms with E-state index in [4.69, 9.17) is 9.47 Å². The van der Waals surface area contributed by atoms with Crippen LogP contribution in [0.5, 0.6) is 5.75 Å². The van der Waals surface area contributed by atoms with Gasteiger partial charge in [0.05, 0.1) is 4.92 Å². The molecule has 0 radical (unpaired) electrons. The van der Waals surface area contributed by atoms with E-state index in [1.54, 1.807) is 12.1 Å². The maximum absolute atomic E-state index is 12.1. The summed E-state index contributed by atoms with van der Waals surface area (Å²) in [5.74, 6) is -0.512. The fraction of sp³-hybridized carbons (Fsp3) is 0.300. The highest BCUT2D eigenvalue weighted by molar-refractivity contribution is 5.95. The molecule has 8 heteroatoms. The lowest BCUT2D eigenvalue weighted by atomic mass is 10.0. The first kappa shape index (κ1) is 20.9. The van der Waals surface area contributed by atoms with Crippen LogP contribution in [0.4, 0.5) is 11.4 Å². The lowest BCUT2D eigenvalue weighted by molar-refractivity contribution is -0.384. The van der Waals surface area contributed by atoms with Gasteiger partial charge in [-0.25, -0.2) is 4.79 Å². The Bertz CT molecular complexity index is 831. The van der Waals surface area contributed by atoms with Crippen LogP contribution in [0.1, 0.15) is 32.3 Å². The number of benzene rings is 2. The number of anilines is 1. The van der Waals surface area contributed by atoms with Gasteiger partial charge in [0.2, 0.25) is 0 Å². The highest BCUT2D eigenvalue weighted by Gasteiger charge is 2.18. The number of rotatable bonds is 8. The first-order chi connectivity index (χ1) is 13.3.